The van der Waals surface area contributed by atoms with Crippen molar-refractivity contribution in [3.8, 4) is 5.69 Å². The van der Waals surface area contributed by atoms with E-state index in [1.54, 1.807) is 18.5 Å². The zero-order valence-corrected chi connectivity index (χ0v) is 13.6. The van der Waals surface area contributed by atoms with E-state index in [1.165, 1.54) is 12.1 Å². The molecule has 0 saturated carbocycles. The lowest BCUT2D eigenvalue weighted by molar-refractivity contribution is -0.162. The van der Waals surface area contributed by atoms with Crippen LogP contribution in [0.15, 0.2) is 36.8 Å². The van der Waals surface area contributed by atoms with Gasteiger partial charge >= 0.3 is 0 Å². The predicted molar refractivity (Wildman–Crippen MR) is 84.7 cm³/mol. The van der Waals surface area contributed by atoms with Crippen molar-refractivity contribution in [3.05, 3.63) is 48.3 Å². The van der Waals surface area contributed by atoms with Gasteiger partial charge in [0.15, 0.2) is 0 Å². The van der Waals surface area contributed by atoms with Gasteiger partial charge in [-0.2, -0.15) is 0 Å². The lowest BCUT2D eigenvalue weighted by atomic mass is 9.79. The molecule has 1 fully saturated rings. The van der Waals surface area contributed by atoms with E-state index >= 15 is 0 Å². The standard InChI is InChI=1S/C18H23FN2O/c1-17(2)9-13(10-18(3,4)22-17)16-11-21(12-20-16)15-7-5-14(19)6-8-15/h5-8,11-13H,9-10H2,1-4H3. The molecule has 4 heteroatoms. The number of halogens is 1. The SMILES string of the molecule is CC1(C)CC(c2cn(-c3ccc(F)cc3)cn2)CC(C)(C)O1. The molecule has 1 aromatic carbocycles. The normalized spacial score (nSPS) is 21.0. The van der Waals surface area contributed by atoms with Gasteiger partial charge in [-0.15, -0.1) is 0 Å². The van der Waals surface area contributed by atoms with Crippen molar-refractivity contribution in [2.45, 2.75) is 57.7 Å². The van der Waals surface area contributed by atoms with Gasteiger partial charge in [0.05, 0.1) is 23.2 Å². The lowest BCUT2D eigenvalue weighted by Crippen LogP contribution is -2.44. The van der Waals surface area contributed by atoms with Crippen LogP contribution in [0.25, 0.3) is 5.69 Å². The summed E-state index contributed by atoms with van der Waals surface area (Å²) in [5.74, 6) is 0.150. The van der Waals surface area contributed by atoms with Gasteiger partial charge in [-0.1, -0.05) is 0 Å². The molecular weight excluding hydrogens is 279 g/mol. The topological polar surface area (TPSA) is 27.1 Å². The van der Waals surface area contributed by atoms with Gasteiger partial charge in [0.1, 0.15) is 5.82 Å². The summed E-state index contributed by atoms with van der Waals surface area (Å²) in [6, 6.07) is 6.46. The van der Waals surface area contributed by atoms with Crippen LogP contribution in [-0.4, -0.2) is 20.8 Å². The highest BCUT2D eigenvalue weighted by Gasteiger charge is 2.40. The minimum atomic E-state index is -0.225. The highest BCUT2D eigenvalue weighted by atomic mass is 19.1. The Kier molecular flexibility index (Phi) is 3.60. The van der Waals surface area contributed by atoms with Crippen molar-refractivity contribution >= 4 is 0 Å². The Balaban J connectivity index is 1.85. The molecule has 0 atom stereocenters. The Morgan fingerprint density at radius 1 is 1.09 bits per heavy atom. The first-order valence-electron chi connectivity index (χ1n) is 7.74. The van der Waals surface area contributed by atoms with Gasteiger partial charge in [0.2, 0.25) is 0 Å². The number of imidazole rings is 1. The highest BCUT2D eigenvalue weighted by molar-refractivity contribution is 5.32. The van der Waals surface area contributed by atoms with Crippen molar-refractivity contribution in [2.24, 2.45) is 0 Å². The molecule has 1 saturated heterocycles. The molecule has 0 radical (unpaired) electrons. The van der Waals surface area contributed by atoms with E-state index in [9.17, 15) is 4.39 Å². The van der Waals surface area contributed by atoms with Gasteiger partial charge in [0.25, 0.3) is 0 Å². The molecule has 0 aliphatic carbocycles. The largest absolute Gasteiger partial charge is 0.370 e. The van der Waals surface area contributed by atoms with Crippen LogP contribution in [0.3, 0.4) is 0 Å². The molecule has 0 spiro atoms. The Bertz CT molecular complexity index is 642. The first-order valence-corrected chi connectivity index (χ1v) is 7.74. The third kappa shape index (κ3) is 3.22. The Labute approximate surface area is 131 Å². The third-order valence-corrected chi connectivity index (χ3v) is 4.17. The summed E-state index contributed by atoms with van der Waals surface area (Å²) < 4.78 is 21.1. The fourth-order valence-corrected chi connectivity index (χ4v) is 3.60. The van der Waals surface area contributed by atoms with Gasteiger partial charge in [0, 0.05) is 17.8 Å². The van der Waals surface area contributed by atoms with Crippen molar-refractivity contribution in [3.63, 3.8) is 0 Å². The molecular formula is C18H23FN2O. The summed E-state index contributed by atoms with van der Waals surface area (Å²) in [4.78, 5) is 4.58. The molecule has 3 nitrogen and oxygen atoms in total. The maximum Gasteiger partial charge on any atom is 0.123 e. The second-order valence-electron chi connectivity index (χ2n) is 7.41. The van der Waals surface area contributed by atoms with Crippen LogP contribution in [-0.2, 0) is 4.74 Å². The van der Waals surface area contributed by atoms with Gasteiger partial charge in [-0.3, -0.25) is 0 Å². The average Bonchev–Trinajstić information content (AvgIpc) is 2.85. The van der Waals surface area contributed by atoms with Crippen molar-refractivity contribution in [1.82, 2.24) is 9.55 Å². The molecule has 0 bridgehead atoms. The molecule has 1 aliphatic rings. The number of aromatic nitrogens is 2. The fraction of sp³-hybridized carbons (Fsp3) is 0.500. The smallest absolute Gasteiger partial charge is 0.123 e. The van der Waals surface area contributed by atoms with Crippen LogP contribution < -0.4 is 0 Å². The molecule has 2 aromatic rings. The van der Waals surface area contributed by atoms with Crippen LogP contribution in [0.5, 0.6) is 0 Å². The lowest BCUT2D eigenvalue weighted by Gasteiger charge is -2.45. The quantitative estimate of drug-likeness (QED) is 0.819. The van der Waals surface area contributed by atoms with E-state index < -0.39 is 0 Å². The van der Waals surface area contributed by atoms with Crippen LogP contribution in [0.4, 0.5) is 4.39 Å². The van der Waals surface area contributed by atoms with E-state index in [0.29, 0.717) is 5.92 Å². The minimum Gasteiger partial charge on any atom is -0.370 e. The second-order valence-corrected chi connectivity index (χ2v) is 7.41. The molecule has 3 rings (SSSR count). The summed E-state index contributed by atoms with van der Waals surface area (Å²) in [6.45, 7) is 8.55. The average molecular weight is 302 g/mol. The van der Waals surface area contributed by atoms with Crippen molar-refractivity contribution < 1.29 is 9.13 Å². The summed E-state index contributed by atoms with van der Waals surface area (Å²) in [5, 5.41) is 0. The molecule has 0 amide bonds. The van der Waals surface area contributed by atoms with Crippen molar-refractivity contribution in [1.29, 1.82) is 0 Å². The number of hydrogen-bond donors (Lipinski definition) is 0. The zero-order chi connectivity index (χ0) is 16.0. The maximum atomic E-state index is 13.0. The van der Waals surface area contributed by atoms with E-state index in [0.717, 1.165) is 24.2 Å². The van der Waals surface area contributed by atoms with Crippen LogP contribution in [0.2, 0.25) is 0 Å². The van der Waals surface area contributed by atoms with Gasteiger partial charge in [-0.05, 0) is 64.8 Å². The first-order chi connectivity index (χ1) is 10.2. The number of nitrogens with zero attached hydrogens (tertiary/aromatic N) is 2. The van der Waals surface area contributed by atoms with E-state index in [2.05, 4.69) is 38.9 Å². The summed E-state index contributed by atoms with van der Waals surface area (Å²) in [7, 11) is 0. The molecule has 0 N–H and O–H groups in total. The predicted octanol–water partition coefficient (Wildman–Crippen LogP) is 4.46. The van der Waals surface area contributed by atoms with E-state index in [1.807, 2.05) is 4.57 Å². The molecule has 118 valence electrons. The van der Waals surface area contributed by atoms with Gasteiger partial charge < -0.3 is 9.30 Å². The highest BCUT2D eigenvalue weighted by Crippen LogP contribution is 2.42. The summed E-state index contributed by atoms with van der Waals surface area (Å²) >= 11 is 0. The van der Waals surface area contributed by atoms with Crippen molar-refractivity contribution in [2.75, 3.05) is 0 Å². The van der Waals surface area contributed by atoms with Crippen LogP contribution in [0, 0.1) is 5.82 Å². The Morgan fingerprint density at radius 3 is 2.27 bits per heavy atom. The van der Waals surface area contributed by atoms with E-state index in [4.69, 9.17) is 4.74 Å². The first kappa shape index (κ1) is 15.2. The van der Waals surface area contributed by atoms with E-state index in [-0.39, 0.29) is 17.0 Å². The number of ether oxygens (including phenoxy) is 1. The fourth-order valence-electron chi connectivity index (χ4n) is 3.60. The third-order valence-electron chi connectivity index (χ3n) is 4.17. The Hall–Kier alpha value is -1.68. The summed E-state index contributed by atoms with van der Waals surface area (Å²) in [5.41, 5.74) is 1.71. The molecule has 1 aliphatic heterocycles. The second kappa shape index (κ2) is 5.20. The van der Waals surface area contributed by atoms with Gasteiger partial charge in [-0.25, -0.2) is 9.37 Å². The Morgan fingerprint density at radius 2 is 1.68 bits per heavy atom. The number of hydrogen-bond acceptors (Lipinski definition) is 2. The number of benzene rings is 1. The molecule has 2 heterocycles. The zero-order valence-electron chi connectivity index (χ0n) is 13.6. The molecule has 0 unspecified atom stereocenters. The number of rotatable bonds is 2. The molecule has 1 aromatic heterocycles. The summed E-state index contributed by atoms with van der Waals surface area (Å²) in [6.07, 6.45) is 5.77. The van der Waals surface area contributed by atoms with Crippen LogP contribution >= 0.6 is 0 Å². The minimum absolute atomic E-state index is 0.147. The monoisotopic (exact) mass is 302 g/mol. The maximum absolute atomic E-state index is 13.0. The molecule has 22 heavy (non-hydrogen) atoms. The van der Waals surface area contributed by atoms with Crippen LogP contribution in [0.1, 0.15) is 52.1 Å².